The van der Waals surface area contributed by atoms with Gasteiger partial charge in [0.15, 0.2) is 0 Å². The van der Waals surface area contributed by atoms with Crippen molar-refractivity contribution in [2.24, 2.45) is 5.92 Å². The topological polar surface area (TPSA) is 50.4 Å². The average Bonchev–Trinajstić information content (AvgIpc) is 2.60. The van der Waals surface area contributed by atoms with E-state index >= 15 is 0 Å². The van der Waals surface area contributed by atoms with Gasteiger partial charge in [-0.25, -0.2) is 0 Å². The molecule has 0 heterocycles. The fourth-order valence-electron chi connectivity index (χ4n) is 2.46. The number of carbonyl (C=O) groups excluding carboxylic acids is 1. The smallest absolute Gasteiger partial charge is 0.387 e. The Labute approximate surface area is 152 Å². The number of hydrogen-bond donors (Lipinski definition) is 2. The quantitative estimate of drug-likeness (QED) is 0.707. The molecule has 0 aliphatic heterocycles. The van der Waals surface area contributed by atoms with Crippen molar-refractivity contribution in [3.63, 3.8) is 0 Å². The van der Waals surface area contributed by atoms with E-state index in [4.69, 9.17) is 0 Å². The molecular weight excluding hydrogens is 338 g/mol. The standard InChI is InChI=1S/C20H24F2N2O2/c1-14(2)18(24-16-6-4-3-5-7-16)13-23-19(25)12-15-8-10-17(11-9-15)26-20(21)22/h3-11,14,18,20,24H,12-13H2,1-2H3,(H,23,25). The van der Waals surface area contributed by atoms with Crippen LogP contribution >= 0.6 is 0 Å². The van der Waals surface area contributed by atoms with Gasteiger partial charge in [-0.3, -0.25) is 4.79 Å². The molecule has 6 heteroatoms. The van der Waals surface area contributed by atoms with Gasteiger partial charge in [-0.05, 0) is 35.7 Å². The van der Waals surface area contributed by atoms with Gasteiger partial charge in [-0.1, -0.05) is 44.2 Å². The van der Waals surface area contributed by atoms with Crippen LogP contribution in [0.4, 0.5) is 14.5 Å². The second-order valence-corrected chi connectivity index (χ2v) is 6.36. The van der Waals surface area contributed by atoms with Gasteiger partial charge in [0.05, 0.1) is 6.42 Å². The molecule has 0 bridgehead atoms. The maximum atomic E-state index is 12.2. The number of nitrogens with one attached hydrogen (secondary N) is 2. The first-order chi connectivity index (χ1) is 12.4. The third kappa shape index (κ3) is 6.70. The predicted octanol–water partition coefficient (Wildman–Crippen LogP) is 4.08. The van der Waals surface area contributed by atoms with Crippen LogP contribution in [0.5, 0.6) is 5.75 Å². The van der Waals surface area contributed by atoms with Crippen molar-refractivity contribution in [2.75, 3.05) is 11.9 Å². The summed E-state index contributed by atoms with van der Waals surface area (Å²) in [7, 11) is 0. The number of rotatable bonds is 9. The van der Waals surface area contributed by atoms with Gasteiger partial charge < -0.3 is 15.4 Å². The summed E-state index contributed by atoms with van der Waals surface area (Å²) in [6, 6.07) is 16.0. The Kier molecular flexibility index (Phi) is 7.38. The Bertz CT molecular complexity index is 676. The number of ether oxygens (including phenoxy) is 1. The summed E-state index contributed by atoms with van der Waals surface area (Å²) in [6.07, 6.45) is 0.186. The molecule has 2 rings (SSSR count). The van der Waals surface area contributed by atoms with Gasteiger partial charge in [-0.2, -0.15) is 8.78 Å². The van der Waals surface area contributed by atoms with E-state index in [1.165, 1.54) is 12.1 Å². The normalized spacial score (nSPS) is 12.1. The van der Waals surface area contributed by atoms with Crippen LogP contribution in [0.25, 0.3) is 0 Å². The van der Waals surface area contributed by atoms with E-state index in [9.17, 15) is 13.6 Å². The molecule has 0 saturated heterocycles. The second-order valence-electron chi connectivity index (χ2n) is 6.36. The van der Waals surface area contributed by atoms with E-state index in [-0.39, 0.29) is 24.1 Å². The number of hydrogen-bond acceptors (Lipinski definition) is 3. The molecule has 4 nitrogen and oxygen atoms in total. The molecule has 1 atom stereocenters. The molecule has 0 aliphatic carbocycles. The van der Waals surface area contributed by atoms with E-state index in [2.05, 4.69) is 29.2 Å². The first-order valence-corrected chi connectivity index (χ1v) is 8.56. The summed E-state index contributed by atoms with van der Waals surface area (Å²) in [5.41, 5.74) is 1.75. The van der Waals surface area contributed by atoms with Gasteiger partial charge in [0.1, 0.15) is 5.75 Å². The summed E-state index contributed by atoms with van der Waals surface area (Å²) < 4.78 is 28.6. The third-order valence-electron chi connectivity index (χ3n) is 3.96. The fraction of sp³-hybridized carbons (Fsp3) is 0.350. The summed E-state index contributed by atoms with van der Waals surface area (Å²) in [5, 5.41) is 6.35. The Morgan fingerprint density at radius 3 is 2.27 bits per heavy atom. The monoisotopic (exact) mass is 362 g/mol. The average molecular weight is 362 g/mol. The largest absolute Gasteiger partial charge is 0.435 e. The summed E-state index contributed by atoms with van der Waals surface area (Å²) in [6.45, 7) is 1.83. The van der Waals surface area contributed by atoms with Gasteiger partial charge in [0.25, 0.3) is 0 Å². The molecule has 0 radical (unpaired) electrons. The SMILES string of the molecule is CC(C)C(CNC(=O)Cc1ccc(OC(F)F)cc1)Nc1ccccc1. The van der Waals surface area contributed by atoms with Crippen LogP contribution in [0.1, 0.15) is 19.4 Å². The highest BCUT2D eigenvalue weighted by Gasteiger charge is 2.14. The summed E-state index contributed by atoms with van der Waals surface area (Å²) in [5.74, 6) is 0.297. The third-order valence-corrected chi connectivity index (χ3v) is 3.96. The minimum atomic E-state index is -2.85. The number of carbonyl (C=O) groups is 1. The van der Waals surface area contributed by atoms with E-state index in [0.717, 1.165) is 11.3 Å². The molecule has 26 heavy (non-hydrogen) atoms. The maximum absolute atomic E-state index is 12.2. The Morgan fingerprint density at radius 1 is 1.04 bits per heavy atom. The lowest BCUT2D eigenvalue weighted by atomic mass is 10.0. The molecule has 2 aromatic rings. The van der Waals surface area contributed by atoms with Crippen LogP contribution < -0.4 is 15.4 Å². The number of anilines is 1. The lowest BCUT2D eigenvalue weighted by Crippen LogP contribution is -2.40. The van der Waals surface area contributed by atoms with Crippen molar-refractivity contribution in [3.05, 3.63) is 60.2 Å². The molecule has 0 aromatic heterocycles. The number of halogens is 2. The first kappa shape index (κ1) is 19.7. The summed E-state index contributed by atoms with van der Waals surface area (Å²) in [4.78, 5) is 12.2. The van der Waals surface area contributed by atoms with Crippen molar-refractivity contribution >= 4 is 11.6 Å². The molecule has 140 valence electrons. The first-order valence-electron chi connectivity index (χ1n) is 8.56. The summed E-state index contributed by atoms with van der Waals surface area (Å²) >= 11 is 0. The molecule has 0 spiro atoms. The van der Waals surface area contributed by atoms with Crippen molar-refractivity contribution in [1.82, 2.24) is 5.32 Å². The minimum absolute atomic E-state index is 0.0797. The minimum Gasteiger partial charge on any atom is -0.435 e. The van der Waals surface area contributed by atoms with Crippen LogP contribution in [0.3, 0.4) is 0 Å². The Morgan fingerprint density at radius 2 is 1.69 bits per heavy atom. The lowest BCUT2D eigenvalue weighted by molar-refractivity contribution is -0.120. The predicted molar refractivity (Wildman–Crippen MR) is 98.5 cm³/mol. The molecule has 2 aromatic carbocycles. The van der Waals surface area contributed by atoms with Gasteiger partial charge in [-0.15, -0.1) is 0 Å². The van der Waals surface area contributed by atoms with E-state index in [0.29, 0.717) is 12.5 Å². The number of amides is 1. The van der Waals surface area contributed by atoms with Crippen LogP contribution in [0.2, 0.25) is 0 Å². The Hall–Kier alpha value is -2.63. The van der Waals surface area contributed by atoms with Gasteiger partial charge in [0.2, 0.25) is 5.91 Å². The second kappa shape index (κ2) is 9.75. The lowest BCUT2D eigenvalue weighted by Gasteiger charge is -2.24. The van der Waals surface area contributed by atoms with Crippen LogP contribution in [0.15, 0.2) is 54.6 Å². The molecule has 0 fully saturated rings. The van der Waals surface area contributed by atoms with Crippen molar-refractivity contribution in [3.8, 4) is 5.75 Å². The fourth-order valence-corrected chi connectivity index (χ4v) is 2.46. The van der Waals surface area contributed by atoms with Crippen molar-refractivity contribution < 1.29 is 18.3 Å². The number of alkyl halides is 2. The molecular formula is C20H24F2N2O2. The highest BCUT2D eigenvalue weighted by molar-refractivity contribution is 5.78. The van der Waals surface area contributed by atoms with Gasteiger partial charge in [0, 0.05) is 18.3 Å². The molecule has 1 unspecified atom stereocenters. The van der Waals surface area contributed by atoms with Crippen molar-refractivity contribution in [1.29, 1.82) is 0 Å². The van der Waals surface area contributed by atoms with Crippen molar-refractivity contribution in [2.45, 2.75) is 32.9 Å². The van der Waals surface area contributed by atoms with Crippen LogP contribution in [-0.2, 0) is 11.2 Å². The zero-order chi connectivity index (χ0) is 18.9. The van der Waals surface area contributed by atoms with Crippen LogP contribution in [0, 0.1) is 5.92 Å². The van der Waals surface area contributed by atoms with E-state index in [1.54, 1.807) is 12.1 Å². The van der Waals surface area contributed by atoms with Gasteiger partial charge >= 0.3 is 6.61 Å². The highest BCUT2D eigenvalue weighted by atomic mass is 19.3. The molecule has 0 saturated carbocycles. The molecule has 1 amide bonds. The molecule has 2 N–H and O–H groups in total. The maximum Gasteiger partial charge on any atom is 0.387 e. The van der Waals surface area contributed by atoms with Crippen LogP contribution in [-0.4, -0.2) is 25.1 Å². The highest BCUT2D eigenvalue weighted by Crippen LogP contribution is 2.15. The number of benzene rings is 2. The molecule has 0 aliphatic rings. The zero-order valence-electron chi connectivity index (χ0n) is 14.9. The van der Waals surface area contributed by atoms with E-state index < -0.39 is 6.61 Å². The Balaban J connectivity index is 1.84. The zero-order valence-corrected chi connectivity index (χ0v) is 14.9. The number of para-hydroxylation sites is 1. The van der Waals surface area contributed by atoms with E-state index in [1.807, 2.05) is 30.3 Å².